The molecule has 4 nitrogen and oxygen atoms in total. The van der Waals surface area contributed by atoms with Crippen molar-refractivity contribution in [3.63, 3.8) is 0 Å². The minimum absolute atomic E-state index is 0.165. The number of aromatic nitrogens is 3. The van der Waals surface area contributed by atoms with Crippen LogP contribution in [0.15, 0.2) is 30.3 Å². The van der Waals surface area contributed by atoms with Gasteiger partial charge in [0.1, 0.15) is 5.78 Å². The normalized spacial score (nSPS) is 10.5. The van der Waals surface area contributed by atoms with E-state index in [0.717, 1.165) is 17.2 Å². The zero-order valence-electron chi connectivity index (χ0n) is 10.1. The number of benzene rings is 1. The topological polar surface area (TPSA) is 47.8 Å². The number of ketones is 1. The van der Waals surface area contributed by atoms with E-state index in [0.29, 0.717) is 12.8 Å². The molecule has 1 aromatic heterocycles. The second-order valence-corrected chi connectivity index (χ2v) is 4.04. The lowest BCUT2D eigenvalue weighted by atomic mass is 10.2. The molecule has 2 rings (SSSR count). The summed E-state index contributed by atoms with van der Waals surface area (Å²) >= 11 is 0. The number of rotatable bonds is 4. The summed E-state index contributed by atoms with van der Waals surface area (Å²) in [6, 6.07) is 9.91. The molecule has 0 N–H and O–H groups in total. The predicted octanol–water partition coefficient (Wildman–Crippen LogP) is 2.00. The molecule has 0 spiro atoms. The number of nitrogens with zero attached hydrogens (tertiary/aromatic N) is 3. The number of hydrogen-bond donors (Lipinski definition) is 0. The van der Waals surface area contributed by atoms with Crippen LogP contribution in [0.1, 0.15) is 19.2 Å². The minimum atomic E-state index is 0.165. The molecule has 0 aliphatic heterocycles. The molecule has 0 atom stereocenters. The first kappa shape index (κ1) is 11.5. The average Bonchev–Trinajstić information content (AvgIpc) is 2.69. The molecule has 1 heterocycles. The molecule has 0 saturated heterocycles. The van der Waals surface area contributed by atoms with Gasteiger partial charge in [-0.3, -0.25) is 0 Å². The van der Waals surface area contributed by atoms with Crippen LogP contribution in [0, 0.1) is 0 Å². The standard InChI is InChI=1S/C13H15N3O/c1-10(17)8-9-12-14-13(16(2)15-12)11-6-4-3-5-7-11/h3-7H,8-9H2,1-2H3. The van der Waals surface area contributed by atoms with Gasteiger partial charge < -0.3 is 4.79 Å². The number of aryl methyl sites for hydroxylation is 2. The highest BCUT2D eigenvalue weighted by Crippen LogP contribution is 2.16. The van der Waals surface area contributed by atoms with Gasteiger partial charge in [0.05, 0.1) is 0 Å². The van der Waals surface area contributed by atoms with Crippen molar-refractivity contribution >= 4 is 5.78 Å². The maximum Gasteiger partial charge on any atom is 0.158 e. The summed E-state index contributed by atoms with van der Waals surface area (Å²) in [6.45, 7) is 1.58. The molecule has 0 amide bonds. The molecule has 88 valence electrons. The molecule has 0 bridgehead atoms. The maximum absolute atomic E-state index is 10.9. The third-order valence-corrected chi connectivity index (χ3v) is 2.54. The van der Waals surface area contributed by atoms with Crippen LogP contribution < -0.4 is 0 Å². The van der Waals surface area contributed by atoms with Crippen LogP contribution in [0.25, 0.3) is 11.4 Å². The smallest absolute Gasteiger partial charge is 0.158 e. The zero-order chi connectivity index (χ0) is 12.3. The summed E-state index contributed by atoms with van der Waals surface area (Å²) in [6.07, 6.45) is 1.11. The van der Waals surface area contributed by atoms with E-state index in [9.17, 15) is 4.79 Å². The van der Waals surface area contributed by atoms with Crippen LogP contribution >= 0.6 is 0 Å². The number of carbonyl (C=O) groups excluding carboxylic acids is 1. The molecule has 4 heteroatoms. The molecule has 0 aliphatic rings. The molecular weight excluding hydrogens is 214 g/mol. The molecule has 17 heavy (non-hydrogen) atoms. The highest BCUT2D eigenvalue weighted by Gasteiger charge is 2.09. The van der Waals surface area contributed by atoms with E-state index in [1.54, 1.807) is 11.6 Å². The van der Waals surface area contributed by atoms with Crippen LogP contribution in [0.4, 0.5) is 0 Å². The van der Waals surface area contributed by atoms with Crippen LogP contribution in [0.5, 0.6) is 0 Å². The van der Waals surface area contributed by atoms with Crippen molar-refractivity contribution in [2.45, 2.75) is 19.8 Å². The third-order valence-electron chi connectivity index (χ3n) is 2.54. The fourth-order valence-corrected chi connectivity index (χ4v) is 1.67. The Hall–Kier alpha value is -1.97. The SMILES string of the molecule is CC(=O)CCc1nc(-c2ccccc2)n(C)n1. The molecule has 0 saturated carbocycles. The van der Waals surface area contributed by atoms with Crippen LogP contribution in [-0.2, 0) is 18.3 Å². The maximum atomic E-state index is 10.9. The predicted molar refractivity (Wildman–Crippen MR) is 65.4 cm³/mol. The number of carbonyl (C=O) groups is 1. The second kappa shape index (κ2) is 4.91. The summed E-state index contributed by atoms with van der Waals surface area (Å²) in [7, 11) is 1.87. The van der Waals surface area contributed by atoms with E-state index in [1.807, 2.05) is 37.4 Å². The van der Waals surface area contributed by atoms with Crippen molar-refractivity contribution in [3.05, 3.63) is 36.2 Å². The Bertz CT molecular complexity index is 517. The van der Waals surface area contributed by atoms with Crippen molar-refractivity contribution in [2.75, 3.05) is 0 Å². The van der Waals surface area contributed by atoms with Gasteiger partial charge in [-0.1, -0.05) is 30.3 Å². The fraction of sp³-hybridized carbons (Fsp3) is 0.308. The van der Waals surface area contributed by atoms with E-state index in [-0.39, 0.29) is 5.78 Å². The molecule has 0 aliphatic carbocycles. The van der Waals surface area contributed by atoms with Gasteiger partial charge in [-0.25, -0.2) is 9.67 Å². The summed E-state index contributed by atoms with van der Waals surface area (Å²) in [5.41, 5.74) is 1.04. The summed E-state index contributed by atoms with van der Waals surface area (Å²) in [5, 5.41) is 4.31. The molecule has 0 radical (unpaired) electrons. The Kier molecular flexibility index (Phi) is 3.32. The van der Waals surface area contributed by atoms with Crippen LogP contribution in [0.3, 0.4) is 0 Å². The Balaban J connectivity index is 2.22. The van der Waals surface area contributed by atoms with Gasteiger partial charge in [0, 0.05) is 25.5 Å². The van der Waals surface area contributed by atoms with Crippen molar-refractivity contribution in [1.82, 2.24) is 14.8 Å². The first-order valence-corrected chi connectivity index (χ1v) is 5.61. The van der Waals surface area contributed by atoms with Crippen molar-refractivity contribution in [1.29, 1.82) is 0 Å². The molecule has 1 aromatic carbocycles. The van der Waals surface area contributed by atoms with Gasteiger partial charge in [0.25, 0.3) is 0 Å². The summed E-state index contributed by atoms with van der Waals surface area (Å²) in [5.74, 6) is 1.73. The van der Waals surface area contributed by atoms with E-state index in [1.165, 1.54) is 0 Å². The Morgan fingerprint density at radius 2 is 2.00 bits per heavy atom. The lowest BCUT2D eigenvalue weighted by Crippen LogP contribution is -1.97. The minimum Gasteiger partial charge on any atom is -0.300 e. The van der Waals surface area contributed by atoms with Crippen molar-refractivity contribution < 1.29 is 4.79 Å². The van der Waals surface area contributed by atoms with E-state index < -0.39 is 0 Å². The van der Waals surface area contributed by atoms with Crippen molar-refractivity contribution in [2.24, 2.45) is 7.05 Å². The Labute approximate surface area is 100 Å². The van der Waals surface area contributed by atoms with E-state index in [2.05, 4.69) is 10.1 Å². The van der Waals surface area contributed by atoms with Gasteiger partial charge in [-0.05, 0) is 6.92 Å². The van der Waals surface area contributed by atoms with E-state index in [4.69, 9.17) is 0 Å². The summed E-state index contributed by atoms with van der Waals surface area (Å²) < 4.78 is 1.75. The third kappa shape index (κ3) is 2.78. The first-order chi connectivity index (χ1) is 8.16. The molecule has 0 fully saturated rings. The van der Waals surface area contributed by atoms with E-state index >= 15 is 0 Å². The lowest BCUT2D eigenvalue weighted by Gasteiger charge is -1.97. The monoisotopic (exact) mass is 229 g/mol. The van der Waals surface area contributed by atoms with Gasteiger partial charge in [0.2, 0.25) is 0 Å². The van der Waals surface area contributed by atoms with Gasteiger partial charge >= 0.3 is 0 Å². The fourth-order valence-electron chi connectivity index (χ4n) is 1.67. The first-order valence-electron chi connectivity index (χ1n) is 5.61. The zero-order valence-corrected chi connectivity index (χ0v) is 10.1. The molecular formula is C13H15N3O. The van der Waals surface area contributed by atoms with Gasteiger partial charge in [-0.15, -0.1) is 0 Å². The van der Waals surface area contributed by atoms with Gasteiger partial charge in [0.15, 0.2) is 11.6 Å². The Morgan fingerprint density at radius 3 is 2.65 bits per heavy atom. The lowest BCUT2D eigenvalue weighted by molar-refractivity contribution is -0.117. The molecule has 0 unspecified atom stereocenters. The number of hydrogen-bond acceptors (Lipinski definition) is 3. The van der Waals surface area contributed by atoms with Gasteiger partial charge in [-0.2, -0.15) is 5.10 Å². The highest BCUT2D eigenvalue weighted by molar-refractivity contribution is 5.75. The molecule has 2 aromatic rings. The van der Waals surface area contributed by atoms with Crippen LogP contribution in [0.2, 0.25) is 0 Å². The summed E-state index contributed by atoms with van der Waals surface area (Å²) in [4.78, 5) is 15.4. The van der Waals surface area contributed by atoms with Crippen molar-refractivity contribution in [3.8, 4) is 11.4 Å². The largest absolute Gasteiger partial charge is 0.300 e. The number of Topliss-reactive ketones (excluding diaryl/α,β-unsaturated/α-hetero) is 1. The quantitative estimate of drug-likeness (QED) is 0.805. The Morgan fingerprint density at radius 1 is 1.29 bits per heavy atom. The second-order valence-electron chi connectivity index (χ2n) is 4.04. The van der Waals surface area contributed by atoms with Crippen LogP contribution in [-0.4, -0.2) is 20.5 Å². The highest BCUT2D eigenvalue weighted by atomic mass is 16.1. The average molecular weight is 229 g/mol.